The van der Waals surface area contributed by atoms with Crippen LogP contribution in [0.4, 0.5) is 17.6 Å². The van der Waals surface area contributed by atoms with Crippen LogP contribution in [0.5, 0.6) is 0 Å². The summed E-state index contributed by atoms with van der Waals surface area (Å²) < 4.78 is 57.7. The second kappa shape index (κ2) is 22.7. The van der Waals surface area contributed by atoms with E-state index in [9.17, 15) is 27.2 Å². The summed E-state index contributed by atoms with van der Waals surface area (Å²) in [4.78, 5) is 29.1. The predicted octanol–water partition coefficient (Wildman–Crippen LogP) is 9.73. The summed E-state index contributed by atoms with van der Waals surface area (Å²) in [6.45, 7) is 1.08. The van der Waals surface area contributed by atoms with Gasteiger partial charge in [-0.15, -0.1) is 27.7 Å². The van der Waals surface area contributed by atoms with Crippen molar-refractivity contribution >= 4 is 112 Å². The molecule has 67 heavy (non-hydrogen) atoms. The zero-order valence-electron chi connectivity index (χ0n) is 35.0. The number of hydrogen-bond donors (Lipinski definition) is 2. The Labute approximate surface area is 407 Å². The van der Waals surface area contributed by atoms with Gasteiger partial charge in [-0.1, -0.05) is 83.9 Å². The molecule has 0 aliphatic carbocycles. The van der Waals surface area contributed by atoms with E-state index in [2.05, 4.69) is 73.1 Å². The molecular formula is C44H39Br2Cl2F4N13O2. The molecular weight excluding hydrogens is 1050 g/mol. The fourth-order valence-corrected chi connectivity index (χ4v) is 7.22. The molecule has 0 radical (unpaired) electrons. The van der Waals surface area contributed by atoms with Crippen molar-refractivity contribution in [1.29, 1.82) is 5.41 Å². The van der Waals surface area contributed by atoms with E-state index in [-0.39, 0.29) is 63.1 Å². The van der Waals surface area contributed by atoms with E-state index in [1.807, 2.05) is 60.7 Å². The Hall–Kier alpha value is -6.00. The van der Waals surface area contributed by atoms with Crippen LogP contribution in [0, 0.1) is 5.41 Å². The van der Waals surface area contributed by atoms with Crippen molar-refractivity contribution in [3.8, 4) is 0 Å². The molecule has 2 aliphatic heterocycles. The van der Waals surface area contributed by atoms with E-state index in [0.29, 0.717) is 35.2 Å². The highest BCUT2D eigenvalue weighted by Crippen LogP contribution is 2.29. The van der Waals surface area contributed by atoms with Crippen molar-refractivity contribution in [2.45, 2.75) is 37.5 Å². The summed E-state index contributed by atoms with van der Waals surface area (Å²) in [7, 11) is 0. The number of piperidine rings is 2. The molecule has 10 rings (SSSR count). The van der Waals surface area contributed by atoms with E-state index in [1.54, 1.807) is 65.6 Å². The van der Waals surface area contributed by atoms with Gasteiger partial charge in [0.2, 0.25) is 11.9 Å². The van der Waals surface area contributed by atoms with Crippen LogP contribution < -0.4 is 5.32 Å². The van der Waals surface area contributed by atoms with Crippen LogP contribution in [0.3, 0.4) is 0 Å². The first-order chi connectivity index (χ1) is 31.7. The predicted molar refractivity (Wildman–Crippen MR) is 257 cm³/mol. The number of nitrogens with one attached hydrogen (secondary N) is 2. The number of benzene rings is 5. The quantitative estimate of drug-likeness (QED) is 0.0733. The number of rotatable bonds is 2. The van der Waals surface area contributed by atoms with Crippen molar-refractivity contribution in [2.75, 3.05) is 26.2 Å². The zero-order valence-corrected chi connectivity index (χ0v) is 39.7. The minimum atomic E-state index is -2.71. The average Bonchev–Trinajstić information content (AvgIpc) is 4.07. The van der Waals surface area contributed by atoms with Gasteiger partial charge in [-0.05, 0) is 96.5 Å². The molecule has 5 heterocycles. The van der Waals surface area contributed by atoms with Crippen molar-refractivity contribution in [2.24, 2.45) is 4.99 Å². The lowest BCUT2D eigenvalue weighted by atomic mass is 10.1. The number of hydrogen-bond acceptors (Lipinski definition) is 10. The molecule has 5 aromatic carbocycles. The van der Waals surface area contributed by atoms with E-state index < -0.39 is 23.0 Å². The number of aromatic nitrogens is 9. The van der Waals surface area contributed by atoms with Gasteiger partial charge in [-0.2, -0.15) is 19.0 Å². The number of para-hydroxylation sites is 3. The molecule has 0 bridgehead atoms. The smallest absolute Gasteiger partial charge is 0.280 e. The van der Waals surface area contributed by atoms with Crippen LogP contribution in [0.25, 0.3) is 33.1 Å². The fraction of sp³-hybridized carbons (Fsp3) is 0.227. The SMILES string of the molecule is Cl.FC1(F)CCNCC1.N=C(n1nnc2ccccc21)n1nnc2ccccc21.O=C(Cl)c1ccc(Br)cc1.O=C(N=C(N1CCC(F)(F)CC1)n1nnc2ccccc21)c1ccc(Br)cc1. The molecule has 8 aromatic rings. The number of carbonyl (C=O) groups is 2. The highest BCUT2D eigenvalue weighted by Gasteiger charge is 2.36. The summed E-state index contributed by atoms with van der Waals surface area (Å²) in [5.74, 6) is -5.27. The summed E-state index contributed by atoms with van der Waals surface area (Å²) in [6, 6.07) is 35.9. The van der Waals surface area contributed by atoms with E-state index in [1.165, 1.54) is 14.0 Å². The third kappa shape index (κ3) is 13.1. The minimum Gasteiger partial charge on any atom is -0.340 e. The van der Waals surface area contributed by atoms with E-state index in [0.717, 1.165) is 31.0 Å². The molecule has 0 saturated carbocycles. The van der Waals surface area contributed by atoms with Gasteiger partial charge in [-0.3, -0.25) is 15.0 Å². The van der Waals surface area contributed by atoms with Gasteiger partial charge in [0.1, 0.15) is 16.6 Å². The van der Waals surface area contributed by atoms with E-state index >= 15 is 0 Å². The molecule has 2 aliphatic rings. The summed E-state index contributed by atoms with van der Waals surface area (Å²) in [5.41, 5.74) is 5.20. The first-order valence-electron chi connectivity index (χ1n) is 20.2. The molecule has 1 amide bonds. The van der Waals surface area contributed by atoms with Crippen LogP contribution >= 0.6 is 55.9 Å². The normalized spacial score (nSPS) is 15.2. The molecule has 2 saturated heterocycles. The van der Waals surface area contributed by atoms with Crippen LogP contribution in [0.1, 0.15) is 46.4 Å². The third-order valence-corrected chi connectivity index (χ3v) is 11.4. The van der Waals surface area contributed by atoms with Crippen LogP contribution in [-0.2, 0) is 0 Å². The molecule has 15 nitrogen and oxygen atoms in total. The highest BCUT2D eigenvalue weighted by molar-refractivity contribution is 9.10. The molecule has 0 unspecified atom stereocenters. The standard InChI is InChI=1S/C19H16BrF2N5O.C13H9N7.C7H4BrClO.C5H9F2N.ClH/c20-14-7-5-13(6-8-14)17(28)23-18(26-11-9-19(21,22)10-12-26)27-16-4-2-1-3-15(16)24-25-27;14-13(19-11-7-3-1-5-9(11)15-17-19)20-12-8-4-2-6-10(12)16-18-20;8-6-3-1-5(2-4-6)7(9)10;6-5(7)1-3-8-4-2-5;/h1-8H,9-12H2;1-8,14H;1-4H;8H,1-4H2;1H. The molecule has 2 N–H and O–H groups in total. The number of nitrogens with zero attached hydrogens (tertiary/aromatic N) is 11. The number of likely N-dealkylation sites (tertiary alicyclic amines) is 1. The Bertz CT molecular complexity index is 2910. The molecule has 0 spiro atoms. The van der Waals surface area contributed by atoms with Crippen molar-refractivity contribution in [3.05, 3.63) is 141 Å². The van der Waals surface area contributed by atoms with Crippen molar-refractivity contribution in [1.82, 2.24) is 55.2 Å². The number of fused-ring (bicyclic) bond motifs is 3. The number of halogens is 8. The number of amides is 1. The van der Waals surface area contributed by atoms with Gasteiger partial charge in [0.15, 0.2) is 0 Å². The third-order valence-electron chi connectivity index (χ3n) is 10.1. The summed E-state index contributed by atoms with van der Waals surface area (Å²) in [5, 5.41) is 35.0. The maximum Gasteiger partial charge on any atom is 0.280 e. The van der Waals surface area contributed by atoms with Gasteiger partial charge < -0.3 is 10.2 Å². The van der Waals surface area contributed by atoms with Crippen LogP contribution in [-0.4, -0.2) is 111 Å². The molecule has 2 fully saturated rings. The number of carbonyl (C=O) groups excluding carboxylic acids is 2. The number of aliphatic imine (C=N–C) groups is 1. The van der Waals surface area contributed by atoms with Crippen LogP contribution in [0.15, 0.2) is 135 Å². The van der Waals surface area contributed by atoms with Gasteiger partial charge in [0.25, 0.3) is 23.0 Å². The Morgan fingerprint density at radius 2 is 0.985 bits per heavy atom. The van der Waals surface area contributed by atoms with E-state index in [4.69, 9.17) is 17.0 Å². The monoisotopic (exact) mass is 1090 g/mol. The lowest BCUT2D eigenvalue weighted by Crippen LogP contribution is -2.46. The molecule has 0 atom stereocenters. The Balaban J connectivity index is 0.000000164. The summed E-state index contributed by atoms with van der Waals surface area (Å²) >= 11 is 11.8. The maximum atomic E-state index is 13.6. The second-order valence-electron chi connectivity index (χ2n) is 14.7. The topological polar surface area (TPSA) is 178 Å². The molecule has 3 aromatic heterocycles. The Morgan fingerprint density at radius 1 is 0.597 bits per heavy atom. The van der Waals surface area contributed by atoms with Gasteiger partial charge in [0.05, 0.1) is 16.6 Å². The van der Waals surface area contributed by atoms with Gasteiger partial charge in [-0.25, -0.2) is 17.6 Å². The minimum absolute atomic E-state index is 0. The fourth-order valence-electron chi connectivity index (χ4n) is 6.56. The maximum absolute atomic E-state index is 13.6. The number of alkyl halides is 4. The molecule has 348 valence electrons. The highest BCUT2D eigenvalue weighted by atomic mass is 79.9. The zero-order chi connectivity index (χ0) is 46.8. The molecule has 23 heteroatoms. The van der Waals surface area contributed by atoms with Crippen molar-refractivity contribution < 1.29 is 27.2 Å². The Morgan fingerprint density at radius 3 is 1.40 bits per heavy atom. The largest absolute Gasteiger partial charge is 0.340 e. The Kier molecular flexibility index (Phi) is 17.1. The first kappa shape index (κ1) is 50.4. The second-order valence-corrected chi connectivity index (χ2v) is 16.9. The lowest BCUT2D eigenvalue weighted by molar-refractivity contribution is -0.0439. The lowest BCUT2D eigenvalue weighted by Gasteiger charge is -2.33. The van der Waals surface area contributed by atoms with Crippen molar-refractivity contribution in [3.63, 3.8) is 0 Å². The summed E-state index contributed by atoms with van der Waals surface area (Å²) in [6.07, 6.45) is -0.587. The van der Waals surface area contributed by atoms with Crippen LogP contribution in [0.2, 0.25) is 0 Å². The van der Waals surface area contributed by atoms with Gasteiger partial charge >= 0.3 is 0 Å². The first-order valence-corrected chi connectivity index (χ1v) is 22.2. The average molecular weight is 1090 g/mol. The van der Waals surface area contributed by atoms with Gasteiger partial charge in [0, 0.05) is 71.9 Å².